The van der Waals surface area contributed by atoms with Crippen LogP contribution in [0.15, 0.2) is 12.3 Å². The van der Waals surface area contributed by atoms with E-state index in [0.717, 1.165) is 0 Å². The fourth-order valence-corrected chi connectivity index (χ4v) is 0.877. The SMILES string of the molecule is CC#CC(=O)N(C)c1ccn(C)n1. The molecule has 1 amide bonds. The summed E-state index contributed by atoms with van der Waals surface area (Å²) in [7, 11) is 3.45. The molecule has 0 bridgehead atoms. The molecule has 0 spiro atoms. The van der Waals surface area contributed by atoms with E-state index >= 15 is 0 Å². The number of carbonyl (C=O) groups excluding carboxylic acids is 1. The molecule has 68 valence electrons. The van der Waals surface area contributed by atoms with Crippen molar-refractivity contribution in [1.29, 1.82) is 0 Å². The van der Waals surface area contributed by atoms with Crippen LogP contribution in [0.4, 0.5) is 5.82 Å². The van der Waals surface area contributed by atoms with Gasteiger partial charge in [0, 0.05) is 26.4 Å². The van der Waals surface area contributed by atoms with Crippen LogP contribution < -0.4 is 4.90 Å². The van der Waals surface area contributed by atoms with Crippen molar-refractivity contribution in [2.24, 2.45) is 7.05 Å². The summed E-state index contributed by atoms with van der Waals surface area (Å²) in [4.78, 5) is 12.7. The Balaban J connectivity index is 2.83. The molecular formula is C9H11N3O. The average Bonchev–Trinajstić information content (AvgIpc) is 2.51. The fraction of sp³-hybridized carbons (Fsp3) is 0.333. The summed E-state index contributed by atoms with van der Waals surface area (Å²) >= 11 is 0. The molecular weight excluding hydrogens is 166 g/mol. The second-order valence-corrected chi connectivity index (χ2v) is 2.59. The number of carbonyl (C=O) groups is 1. The molecule has 0 N–H and O–H groups in total. The van der Waals surface area contributed by atoms with E-state index in [1.807, 2.05) is 0 Å². The third-order valence-electron chi connectivity index (χ3n) is 1.58. The summed E-state index contributed by atoms with van der Waals surface area (Å²) in [5.74, 6) is 5.35. The first-order chi connectivity index (χ1) is 6.15. The Morgan fingerprint density at radius 1 is 1.69 bits per heavy atom. The van der Waals surface area contributed by atoms with Gasteiger partial charge in [0.15, 0.2) is 5.82 Å². The Morgan fingerprint density at radius 3 is 2.85 bits per heavy atom. The molecule has 4 heteroatoms. The van der Waals surface area contributed by atoms with Crippen molar-refractivity contribution in [1.82, 2.24) is 9.78 Å². The predicted molar refractivity (Wildman–Crippen MR) is 50.1 cm³/mol. The van der Waals surface area contributed by atoms with Crippen LogP contribution >= 0.6 is 0 Å². The number of aromatic nitrogens is 2. The largest absolute Gasteiger partial charge is 0.303 e. The van der Waals surface area contributed by atoms with E-state index in [4.69, 9.17) is 0 Å². The van der Waals surface area contributed by atoms with Gasteiger partial charge in [0.25, 0.3) is 0 Å². The summed E-state index contributed by atoms with van der Waals surface area (Å²) in [5.41, 5.74) is 0. The summed E-state index contributed by atoms with van der Waals surface area (Å²) in [6.45, 7) is 1.63. The monoisotopic (exact) mass is 177 g/mol. The van der Waals surface area contributed by atoms with Gasteiger partial charge in [-0.25, -0.2) is 0 Å². The van der Waals surface area contributed by atoms with Crippen molar-refractivity contribution in [3.8, 4) is 11.8 Å². The van der Waals surface area contributed by atoms with Crippen molar-refractivity contribution in [3.63, 3.8) is 0 Å². The molecule has 1 heterocycles. The van der Waals surface area contributed by atoms with E-state index in [0.29, 0.717) is 5.82 Å². The molecule has 0 saturated carbocycles. The number of amides is 1. The van der Waals surface area contributed by atoms with Crippen molar-refractivity contribution < 1.29 is 4.79 Å². The van der Waals surface area contributed by atoms with Gasteiger partial charge in [-0.3, -0.25) is 14.4 Å². The van der Waals surface area contributed by atoms with Gasteiger partial charge in [-0.1, -0.05) is 5.92 Å². The lowest BCUT2D eigenvalue weighted by atomic mass is 10.5. The lowest BCUT2D eigenvalue weighted by Gasteiger charge is -2.08. The Morgan fingerprint density at radius 2 is 2.38 bits per heavy atom. The second kappa shape index (κ2) is 3.76. The number of hydrogen-bond donors (Lipinski definition) is 0. The van der Waals surface area contributed by atoms with E-state index in [1.165, 1.54) is 4.90 Å². The van der Waals surface area contributed by atoms with Crippen LogP contribution in [-0.2, 0) is 11.8 Å². The minimum absolute atomic E-state index is 0.249. The van der Waals surface area contributed by atoms with Crippen LogP contribution in [0.1, 0.15) is 6.92 Å². The smallest absolute Gasteiger partial charge is 0.287 e. The molecule has 0 atom stereocenters. The van der Waals surface area contributed by atoms with E-state index in [1.54, 1.807) is 38.0 Å². The van der Waals surface area contributed by atoms with Gasteiger partial charge in [-0.05, 0) is 12.8 Å². The van der Waals surface area contributed by atoms with Crippen LogP contribution in [0.2, 0.25) is 0 Å². The third-order valence-corrected chi connectivity index (χ3v) is 1.58. The first-order valence-electron chi connectivity index (χ1n) is 3.85. The number of nitrogens with zero attached hydrogens (tertiary/aromatic N) is 3. The zero-order valence-corrected chi connectivity index (χ0v) is 7.90. The van der Waals surface area contributed by atoms with Crippen LogP contribution in [0.25, 0.3) is 0 Å². The molecule has 13 heavy (non-hydrogen) atoms. The van der Waals surface area contributed by atoms with Crippen molar-refractivity contribution in [2.75, 3.05) is 11.9 Å². The van der Waals surface area contributed by atoms with E-state index in [2.05, 4.69) is 16.9 Å². The van der Waals surface area contributed by atoms with Gasteiger partial charge in [-0.2, -0.15) is 5.10 Å². The standard InChI is InChI=1S/C9H11N3O/c1-4-5-9(13)12(3)8-6-7-11(2)10-8/h6-7H,1-3H3. The highest BCUT2D eigenvalue weighted by molar-refractivity contribution is 6.04. The number of anilines is 1. The highest BCUT2D eigenvalue weighted by Gasteiger charge is 2.09. The summed E-state index contributed by atoms with van der Waals surface area (Å²) in [6, 6.07) is 1.76. The van der Waals surface area contributed by atoms with Crippen molar-refractivity contribution in [3.05, 3.63) is 12.3 Å². The Labute approximate surface area is 77.1 Å². The molecule has 0 aromatic carbocycles. The first-order valence-corrected chi connectivity index (χ1v) is 3.85. The molecule has 0 aliphatic heterocycles. The highest BCUT2D eigenvalue weighted by atomic mass is 16.2. The molecule has 0 aliphatic rings. The van der Waals surface area contributed by atoms with Gasteiger partial charge in [-0.15, -0.1) is 0 Å². The summed E-state index contributed by atoms with van der Waals surface area (Å²) < 4.78 is 1.64. The molecule has 0 saturated heterocycles. The Hall–Kier alpha value is -1.76. The molecule has 0 fully saturated rings. The maximum absolute atomic E-state index is 11.3. The fourth-order valence-electron chi connectivity index (χ4n) is 0.877. The number of aryl methyl sites for hydroxylation is 1. The summed E-state index contributed by atoms with van der Waals surface area (Å²) in [5, 5.41) is 4.07. The third kappa shape index (κ3) is 2.09. The predicted octanol–water partition coefficient (Wildman–Crippen LogP) is 0.406. The Bertz CT molecular complexity index is 370. The highest BCUT2D eigenvalue weighted by Crippen LogP contribution is 2.06. The topological polar surface area (TPSA) is 38.1 Å². The summed E-state index contributed by atoms with van der Waals surface area (Å²) in [6.07, 6.45) is 1.78. The van der Waals surface area contributed by atoms with Crippen LogP contribution in [-0.4, -0.2) is 22.7 Å². The second-order valence-electron chi connectivity index (χ2n) is 2.59. The van der Waals surface area contributed by atoms with Gasteiger partial charge < -0.3 is 0 Å². The van der Waals surface area contributed by atoms with Gasteiger partial charge >= 0.3 is 5.91 Å². The van der Waals surface area contributed by atoms with Gasteiger partial charge in [0.1, 0.15) is 0 Å². The van der Waals surface area contributed by atoms with Crippen molar-refractivity contribution in [2.45, 2.75) is 6.92 Å². The normalized spacial score (nSPS) is 8.85. The van der Waals surface area contributed by atoms with Crippen LogP contribution in [0.5, 0.6) is 0 Å². The lowest BCUT2D eigenvalue weighted by Crippen LogP contribution is -2.24. The first kappa shape index (κ1) is 9.33. The van der Waals surface area contributed by atoms with Crippen LogP contribution in [0.3, 0.4) is 0 Å². The van der Waals surface area contributed by atoms with Gasteiger partial charge in [0.05, 0.1) is 0 Å². The average molecular weight is 177 g/mol. The molecule has 0 radical (unpaired) electrons. The van der Waals surface area contributed by atoms with Crippen molar-refractivity contribution >= 4 is 11.7 Å². The number of hydrogen-bond acceptors (Lipinski definition) is 2. The van der Waals surface area contributed by atoms with E-state index in [9.17, 15) is 4.79 Å². The molecule has 1 rings (SSSR count). The van der Waals surface area contributed by atoms with E-state index in [-0.39, 0.29) is 5.91 Å². The quantitative estimate of drug-likeness (QED) is 0.582. The molecule has 1 aromatic rings. The number of rotatable bonds is 1. The molecule has 0 unspecified atom stereocenters. The van der Waals surface area contributed by atoms with Crippen LogP contribution in [0, 0.1) is 11.8 Å². The molecule has 0 aliphatic carbocycles. The minimum atomic E-state index is -0.249. The zero-order valence-electron chi connectivity index (χ0n) is 7.90. The Kier molecular flexibility index (Phi) is 2.70. The zero-order chi connectivity index (χ0) is 9.84. The molecule has 1 aromatic heterocycles. The maximum atomic E-state index is 11.3. The van der Waals surface area contributed by atoms with Gasteiger partial charge in [0.2, 0.25) is 0 Å². The lowest BCUT2D eigenvalue weighted by molar-refractivity contribution is -0.113. The minimum Gasteiger partial charge on any atom is -0.287 e. The molecule has 4 nitrogen and oxygen atoms in total. The maximum Gasteiger partial charge on any atom is 0.303 e. The van der Waals surface area contributed by atoms with E-state index < -0.39 is 0 Å².